The van der Waals surface area contributed by atoms with Crippen LogP contribution < -0.4 is 14.8 Å². The van der Waals surface area contributed by atoms with Crippen molar-refractivity contribution in [1.29, 1.82) is 0 Å². The maximum absolute atomic E-state index is 6.03. The minimum Gasteiger partial charge on any atom is -0.494 e. The average molecular weight is 470 g/mol. The largest absolute Gasteiger partial charge is 0.494 e. The van der Waals surface area contributed by atoms with Crippen LogP contribution >= 0.6 is 23.3 Å². The SMILES string of the molecule is Cc1ccc(NCCCOc2cccc(CN3CCCCC3)c2)c(SNc2nncs2)c1. The Morgan fingerprint density at radius 2 is 2.03 bits per heavy atom. The van der Waals surface area contributed by atoms with E-state index in [4.69, 9.17) is 4.74 Å². The smallest absolute Gasteiger partial charge is 0.215 e. The van der Waals surface area contributed by atoms with E-state index in [0.29, 0.717) is 6.61 Å². The molecule has 0 radical (unpaired) electrons. The van der Waals surface area contributed by atoms with E-state index in [-0.39, 0.29) is 0 Å². The molecule has 2 N–H and O–H groups in total. The summed E-state index contributed by atoms with van der Waals surface area (Å²) in [6.45, 7) is 7.10. The molecule has 0 saturated carbocycles. The topological polar surface area (TPSA) is 62.3 Å². The quantitative estimate of drug-likeness (QED) is 0.270. The van der Waals surface area contributed by atoms with Crippen molar-refractivity contribution in [3.05, 3.63) is 59.1 Å². The molecule has 0 bridgehead atoms. The van der Waals surface area contributed by atoms with E-state index >= 15 is 0 Å². The zero-order valence-corrected chi connectivity index (χ0v) is 20.2. The number of piperidine rings is 1. The predicted molar refractivity (Wildman–Crippen MR) is 135 cm³/mol. The molecule has 4 rings (SSSR count). The lowest BCUT2D eigenvalue weighted by atomic mass is 10.1. The number of hydrogen-bond acceptors (Lipinski definition) is 8. The summed E-state index contributed by atoms with van der Waals surface area (Å²) in [5, 5.41) is 12.2. The van der Waals surface area contributed by atoms with E-state index in [1.807, 2.05) is 0 Å². The van der Waals surface area contributed by atoms with Gasteiger partial charge in [-0.25, -0.2) is 0 Å². The maximum atomic E-state index is 6.03. The average Bonchev–Trinajstić information content (AvgIpc) is 3.33. The predicted octanol–water partition coefficient (Wildman–Crippen LogP) is 5.83. The summed E-state index contributed by atoms with van der Waals surface area (Å²) in [6.07, 6.45) is 4.94. The second-order valence-corrected chi connectivity index (χ2v) is 9.74. The van der Waals surface area contributed by atoms with Crippen LogP contribution in [0.5, 0.6) is 5.75 Å². The fourth-order valence-electron chi connectivity index (χ4n) is 3.77. The first kappa shape index (κ1) is 22.9. The van der Waals surface area contributed by atoms with Crippen molar-refractivity contribution in [2.75, 3.05) is 36.3 Å². The van der Waals surface area contributed by atoms with Crippen molar-refractivity contribution in [1.82, 2.24) is 15.1 Å². The summed E-state index contributed by atoms with van der Waals surface area (Å²) in [4.78, 5) is 3.69. The van der Waals surface area contributed by atoms with E-state index in [1.165, 1.54) is 54.8 Å². The number of rotatable bonds is 11. The summed E-state index contributed by atoms with van der Waals surface area (Å²) in [5.41, 5.74) is 5.40. The molecule has 6 nitrogen and oxygen atoms in total. The van der Waals surface area contributed by atoms with Crippen LogP contribution in [-0.4, -0.2) is 41.3 Å². The normalized spacial score (nSPS) is 14.3. The lowest BCUT2D eigenvalue weighted by molar-refractivity contribution is 0.220. The van der Waals surface area contributed by atoms with Crippen molar-refractivity contribution >= 4 is 34.1 Å². The fourth-order valence-corrected chi connectivity index (χ4v) is 5.11. The Hall–Kier alpha value is -2.29. The van der Waals surface area contributed by atoms with Crippen LogP contribution in [0, 0.1) is 6.92 Å². The van der Waals surface area contributed by atoms with Gasteiger partial charge >= 0.3 is 0 Å². The van der Waals surface area contributed by atoms with Crippen molar-refractivity contribution < 1.29 is 4.74 Å². The first-order chi connectivity index (χ1) is 15.8. The lowest BCUT2D eigenvalue weighted by Crippen LogP contribution is -2.29. The molecule has 1 fully saturated rings. The third kappa shape index (κ3) is 7.12. The van der Waals surface area contributed by atoms with Gasteiger partial charge in [0.05, 0.1) is 11.5 Å². The third-order valence-electron chi connectivity index (χ3n) is 5.40. The highest BCUT2D eigenvalue weighted by molar-refractivity contribution is 8.00. The number of anilines is 2. The van der Waals surface area contributed by atoms with Crippen LogP contribution in [-0.2, 0) is 6.54 Å². The molecule has 1 aliphatic heterocycles. The van der Waals surface area contributed by atoms with Gasteiger partial charge in [0.15, 0.2) is 0 Å². The van der Waals surface area contributed by atoms with Gasteiger partial charge in [0, 0.05) is 18.8 Å². The molecular formula is C24H31N5OS2. The molecular weight excluding hydrogens is 438 g/mol. The first-order valence-electron chi connectivity index (χ1n) is 11.2. The zero-order valence-electron chi connectivity index (χ0n) is 18.5. The second kappa shape index (κ2) is 12.1. The van der Waals surface area contributed by atoms with E-state index in [2.05, 4.69) is 74.5 Å². The molecule has 0 unspecified atom stereocenters. The standard InChI is InChI=1S/C24H31N5OS2/c1-19-9-10-22(23(15-19)32-28-24-27-26-18-31-24)25-11-6-14-30-21-8-5-7-20(16-21)17-29-12-3-2-4-13-29/h5,7-10,15-16,18,25H,2-4,6,11-14,17H2,1H3,(H,27,28). The minimum atomic E-state index is 0.692. The molecule has 3 aromatic rings. The lowest BCUT2D eigenvalue weighted by Gasteiger charge is -2.26. The Morgan fingerprint density at radius 1 is 1.12 bits per heavy atom. The number of nitrogens with zero attached hydrogens (tertiary/aromatic N) is 3. The van der Waals surface area contributed by atoms with E-state index in [0.717, 1.165) is 41.0 Å². The molecule has 1 aliphatic rings. The van der Waals surface area contributed by atoms with Gasteiger partial charge in [-0.2, -0.15) is 0 Å². The van der Waals surface area contributed by atoms with Crippen LogP contribution in [0.2, 0.25) is 0 Å². The highest BCUT2D eigenvalue weighted by atomic mass is 32.2. The van der Waals surface area contributed by atoms with Crippen molar-refractivity contribution in [2.45, 2.75) is 44.0 Å². The fraction of sp³-hybridized carbons (Fsp3) is 0.417. The molecule has 0 atom stereocenters. The van der Waals surface area contributed by atoms with E-state index in [1.54, 1.807) is 17.5 Å². The molecule has 1 saturated heterocycles. The molecule has 8 heteroatoms. The molecule has 2 aromatic carbocycles. The minimum absolute atomic E-state index is 0.692. The Kier molecular flexibility index (Phi) is 8.64. The summed E-state index contributed by atoms with van der Waals surface area (Å²) in [7, 11) is 0. The van der Waals surface area contributed by atoms with Crippen LogP contribution in [0.15, 0.2) is 52.9 Å². The summed E-state index contributed by atoms with van der Waals surface area (Å²) in [5.74, 6) is 0.965. The highest BCUT2D eigenvalue weighted by Gasteiger charge is 2.11. The van der Waals surface area contributed by atoms with E-state index < -0.39 is 0 Å². The van der Waals surface area contributed by atoms with E-state index in [9.17, 15) is 0 Å². The molecule has 0 aliphatic carbocycles. The van der Waals surface area contributed by atoms with Crippen LogP contribution in [0.4, 0.5) is 10.8 Å². The van der Waals surface area contributed by atoms with Crippen LogP contribution in [0.25, 0.3) is 0 Å². The Balaban J connectivity index is 1.21. The molecule has 2 heterocycles. The van der Waals surface area contributed by atoms with Gasteiger partial charge < -0.3 is 14.8 Å². The van der Waals surface area contributed by atoms with Gasteiger partial charge in [-0.15, -0.1) is 10.2 Å². The van der Waals surface area contributed by atoms with Gasteiger partial charge in [-0.1, -0.05) is 36.0 Å². The number of likely N-dealkylation sites (tertiary alicyclic amines) is 1. The Morgan fingerprint density at radius 3 is 2.88 bits per heavy atom. The summed E-state index contributed by atoms with van der Waals surface area (Å²) < 4.78 is 9.29. The van der Waals surface area contributed by atoms with Crippen LogP contribution in [0.3, 0.4) is 0 Å². The summed E-state index contributed by atoms with van der Waals surface area (Å²) in [6, 6.07) is 15.0. The van der Waals surface area contributed by atoms with Crippen molar-refractivity contribution in [3.63, 3.8) is 0 Å². The molecule has 32 heavy (non-hydrogen) atoms. The highest BCUT2D eigenvalue weighted by Crippen LogP contribution is 2.29. The monoisotopic (exact) mass is 469 g/mol. The second-order valence-electron chi connectivity index (χ2n) is 8.06. The number of hydrogen-bond donors (Lipinski definition) is 2. The number of benzene rings is 2. The van der Waals surface area contributed by atoms with Gasteiger partial charge in [-0.3, -0.25) is 4.90 Å². The zero-order chi connectivity index (χ0) is 22.0. The molecule has 0 spiro atoms. The number of ether oxygens (including phenoxy) is 1. The van der Waals surface area contributed by atoms with Gasteiger partial charge in [0.2, 0.25) is 5.13 Å². The van der Waals surface area contributed by atoms with Gasteiger partial charge in [0.1, 0.15) is 11.3 Å². The number of nitrogens with one attached hydrogen (secondary N) is 2. The Bertz CT molecular complexity index is 961. The van der Waals surface area contributed by atoms with Gasteiger partial charge in [0.25, 0.3) is 0 Å². The molecule has 0 amide bonds. The van der Waals surface area contributed by atoms with Crippen molar-refractivity contribution in [2.24, 2.45) is 0 Å². The number of aryl methyl sites for hydroxylation is 1. The molecule has 1 aromatic heterocycles. The number of aromatic nitrogens is 2. The summed E-state index contributed by atoms with van der Waals surface area (Å²) >= 11 is 3.05. The first-order valence-corrected chi connectivity index (χ1v) is 12.9. The third-order valence-corrected chi connectivity index (χ3v) is 6.99. The van der Waals surface area contributed by atoms with Crippen LogP contribution in [0.1, 0.15) is 36.8 Å². The van der Waals surface area contributed by atoms with Crippen molar-refractivity contribution in [3.8, 4) is 5.75 Å². The molecule has 170 valence electrons. The maximum Gasteiger partial charge on any atom is 0.215 e. The van der Waals surface area contributed by atoms with Gasteiger partial charge in [-0.05, 0) is 86.6 Å². The Labute approximate surface area is 198 Å².